The summed E-state index contributed by atoms with van der Waals surface area (Å²) in [6.07, 6.45) is 0. The first-order valence-electron chi connectivity index (χ1n) is 6.52. The van der Waals surface area contributed by atoms with Crippen molar-refractivity contribution in [3.63, 3.8) is 0 Å². The molecular formula is C16H22N2O. The first kappa shape index (κ1) is 13.7. The predicted octanol–water partition coefficient (Wildman–Crippen LogP) is 3.70. The Hall–Kier alpha value is -1.77. The van der Waals surface area contributed by atoms with E-state index in [2.05, 4.69) is 44.1 Å². The van der Waals surface area contributed by atoms with E-state index >= 15 is 0 Å². The van der Waals surface area contributed by atoms with Crippen molar-refractivity contribution in [1.82, 2.24) is 9.78 Å². The van der Waals surface area contributed by atoms with Gasteiger partial charge in [-0.3, -0.25) is 4.68 Å². The Morgan fingerprint density at radius 2 is 1.84 bits per heavy atom. The Morgan fingerprint density at radius 1 is 1.16 bits per heavy atom. The minimum absolute atomic E-state index is 0.0506. The van der Waals surface area contributed by atoms with Gasteiger partial charge in [0.25, 0.3) is 0 Å². The Morgan fingerprint density at radius 3 is 2.32 bits per heavy atom. The Kier molecular flexibility index (Phi) is 3.40. The smallest absolute Gasteiger partial charge is 0.122 e. The maximum Gasteiger partial charge on any atom is 0.122 e. The van der Waals surface area contributed by atoms with Gasteiger partial charge in [-0.1, -0.05) is 20.8 Å². The summed E-state index contributed by atoms with van der Waals surface area (Å²) in [5, 5.41) is 4.41. The number of rotatable bonds is 2. The lowest BCUT2D eigenvalue weighted by atomic mass is 9.85. The molecule has 0 amide bonds. The lowest BCUT2D eigenvalue weighted by Crippen LogP contribution is -2.13. The maximum atomic E-state index is 5.48. The molecule has 3 nitrogen and oxygen atoms in total. The third kappa shape index (κ3) is 2.65. The lowest BCUT2D eigenvalue weighted by Gasteiger charge is -2.23. The molecule has 102 valence electrons. The Balaban J connectivity index is 2.58. The highest BCUT2D eigenvalue weighted by atomic mass is 16.5. The predicted molar refractivity (Wildman–Crippen MR) is 78.6 cm³/mol. The molecule has 2 rings (SSSR count). The second-order valence-electron chi connectivity index (χ2n) is 5.96. The van der Waals surface area contributed by atoms with E-state index in [0.717, 1.165) is 17.1 Å². The van der Waals surface area contributed by atoms with Crippen molar-refractivity contribution in [2.45, 2.75) is 33.1 Å². The molecule has 1 heterocycles. The van der Waals surface area contributed by atoms with Gasteiger partial charge in [0.1, 0.15) is 5.75 Å². The van der Waals surface area contributed by atoms with Gasteiger partial charge in [0.2, 0.25) is 0 Å². The third-order valence-electron chi connectivity index (χ3n) is 3.31. The Bertz CT molecular complexity index is 591. The zero-order valence-electron chi connectivity index (χ0n) is 12.6. The third-order valence-corrected chi connectivity index (χ3v) is 3.31. The van der Waals surface area contributed by atoms with Crippen molar-refractivity contribution in [1.29, 1.82) is 0 Å². The van der Waals surface area contributed by atoms with E-state index in [-0.39, 0.29) is 5.41 Å². The van der Waals surface area contributed by atoms with Crippen molar-refractivity contribution >= 4 is 0 Å². The number of ether oxygens (including phenoxy) is 1. The molecule has 0 aliphatic heterocycles. The number of nitrogens with zero attached hydrogens (tertiary/aromatic N) is 2. The van der Waals surface area contributed by atoms with Crippen LogP contribution in [0.4, 0.5) is 0 Å². The molecule has 0 unspecified atom stereocenters. The molecule has 2 aromatic rings. The highest BCUT2D eigenvalue weighted by Crippen LogP contribution is 2.34. The molecule has 0 aliphatic carbocycles. The molecule has 0 N–H and O–H groups in total. The molecule has 0 aliphatic rings. The van der Waals surface area contributed by atoms with Crippen LogP contribution in [0.25, 0.3) is 11.3 Å². The molecule has 19 heavy (non-hydrogen) atoms. The number of hydrogen-bond donors (Lipinski definition) is 0. The molecule has 0 radical (unpaired) electrons. The van der Waals surface area contributed by atoms with Gasteiger partial charge in [0.05, 0.1) is 18.5 Å². The van der Waals surface area contributed by atoms with Gasteiger partial charge in [0, 0.05) is 18.2 Å². The van der Waals surface area contributed by atoms with Crippen LogP contribution in [0.2, 0.25) is 0 Å². The van der Waals surface area contributed by atoms with E-state index in [1.165, 1.54) is 11.1 Å². The normalized spacial score (nSPS) is 11.7. The highest BCUT2D eigenvalue weighted by Gasteiger charge is 2.20. The van der Waals surface area contributed by atoms with Crippen LogP contribution < -0.4 is 4.74 Å². The molecular weight excluding hydrogens is 236 g/mol. The quantitative estimate of drug-likeness (QED) is 0.821. The van der Waals surface area contributed by atoms with Crippen molar-refractivity contribution in [2.24, 2.45) is 7.05 Å². The number of aryl methyl sites for hydroxylation is 2. The zero-order chi connectivity index (χ0) is 14.2. The van der Waals surface area contributed by atoms with Crippen LogP contribution in [0, 0.1) is 6.92 Å². The Labute approximate surface area is 115 Å². The van der Waals surface area contributed by atoms with Crippen LogP contribution >= 0.6 is 0 Å². The van der Waals surface area contributed by atoms with Crippen LogP contribution in [-0.4, -0.2) is 16.9 Å². The van der Waals surface area contributed by atoms with Gasteiger partial charge in [-0.05, 0) is 36.6 Å². The number of hydrogen-bond acceptors (Lipinski definition) is 2. The summed E-state index contributed by atoms with van der Waals surface area (Å²) in [6, 6.07) is 8.44. The first-order valence-corrected chi connectivity index (χ1v) is 6.52. The van der Waals surface area contributed by atoms with E-state index in [9.17, 15) is 0 Å². The monoisotopic (exact) mass is 258 g/mol. The number of benzene rings is 1. The fourth-order valence-electron chi connectivity index (χ4n) is 2.33. The summed E-state index contributed by atoms with van der Waals surface area (Å²) < 4.78 is 7.40. The summed E-state index contributed by atoms with van der Waals surface area (Å²) in [6.45, 7) is 8.60. The average Bonchev–Trinajstić information content (AvgIpc) is 2.66. The van der Waals surface area contributed by atoms with Crippen molar-refractivity contribution < 1.29 is 4.74 Å². The fraction of sp³-hybridized carbons (Fsp3) is 0.438. The highest BCUT2D eigenvalue weighted by molar-refractivity contribution is 5.63. The van der Waals surface area contributed by atoms with E-state index in [4.69, 9.17) is 4.74 Å². The molecule has 0 saturated heterocycles. The van der Waals surface area contributed by atoms with Crippen molar-refractivity contribution in [3.8, 4) is 17.0 Å². The van der Waals surface area contributed by atoms with Gasteiger partial charge in [0.15, 0.2) is 0 Å². The van der Waals surface area contributed by atoms with E-state index < -0.39 is 0 Å². The fourth-order valence-corrected chi connectivity index (χ4v) is 2.33. The summed E-state index contributed by atoms with van der Waals surface area (Å²) in [5.41, 5.74) is 4.60. The molecule has 0 bridgehead atoms. The molecule has 3 heteroatoms. The van der Waals surface area contributed by atoms with Gasteiger partial charge in [-0.2, -0.15) is 5.10 Å². The second-order valence-corrected chi connectivity index (χ2v) is 5.96. The molecule has 1 aromatic carbocycles. The van der Waals surface area contributed by atoms with E-state index in [1.54, 1.807) is 7.11 Å². The SMILES string of the molecule is COc1ccc(-c2cc(C)nn2C)cc1C(C)(C)C. The van der Waals surface area contributed by atoms with Crippen LogP contribution in [-0.2, 0) is 12.5 Å². The standard InChI is InChI=1S/C16H22N2O/c1-11-9-14(18(5)17-11)12-7-8-15(19-6)13(10-12)16(2,3)4/h7-10H,1-6H3. The molecule has 0 spiro atoms. The summed E-state index contributed by atoms with van der Waals surface area (Å²) >= 11 is 0. The topological polar surface area (TPSA) is 27.1 Å². The molecule has 0 saturated carbocycles. The number of aromatic nitrogens is 2. The van der Waals surface area contributed by atoms with E-state index in [1.807, 2.05) is 24.7 Å². The van der Waals surface area contributed by atoms with Gasteiger partial charge < -0.3 is 4.74 Å². The summed E-state index contributed by atoms with van der Waals surface area (Å²) in [7, 11) is 3.70. The first-order chi connectivity index (χ1) is 8.82. The van der Waals surface area contributed by atoms with Crippen molar-refractivity contribution in [3.05, 3.63) is 35.5 Å². The summed E-state index contributed by atoms with van der Waals surface area (Å²) in [5.74, 6) is 0.940. The van der Waals surface area contributed by atoms with Crippen LogP contribution in [0.1, 0.15) is 32.0 Å². The molecule has 0 fully saturated rings. The van der Waals surface area contributed by atoms with Gasteiger partial charge in [-0.25, -0.2) is 0 Å². The molecule has 1 aromatic heterocycles. The van der Waals surface area contributed by atoms with E-state index in [0.29, 0.717) is 0 Å². The maximum absolute atomic E-state index is 5.48. The number of methoxy groups -OCH3 is 1. The van der Waals surface area contributed by atoms with Crippen LogP contribution in [0.5, 0.6) is 5.75 Å². The van der Waals surface area contributed by atoms with Crippen LogP contribution in [0.15, 0.2) is 24.3 Å². The minimum atomic E-state index is 0.0506. The second kappa shape index (κ2) is 4.72. The van der Waals surface area contributed by atoms with Crippen molar-refractivity contribution in [2.75, 3.05) is 7.11 Å². The van der Waals surface area contributed by atoms with Gasteiger partial charge in [-0.15, -0.1) is 0 Å². The largest absolute Gasteiger partial charge is 0.496 e. The summed E-state index contributed by atoms with van der Waals surface area (Å²) in [4.78, 5) is 0. The minimum Gasteiger partial charge on any atom is -0.496 e. The lowest BCUT2D eigenvalue weighted by molar-refractivity contribution is 0.397. The van der Waals surface area contributed by atoms with Crippen LogP contribution in [0.3, 0.4) is 0 Å². The average molecular weight is 258 g/mol. The molecule has 0 atom stereocenters. The van der Waals surface area contributed by atoms with Gasteiger partial charge >= 0.3 is 0 Å². The zero-order valence-corrected chi connectivity index (χ0v) is 12.6.